The van der Waals surface area contributed by atoms with Crippen molar-refractivity contribution < 1.29 is 23.9 Å². The normalized spacial score (nSPS) is 11.6. The lowest BCUT2D eigenvalue weighted by atomic mass is 10.0. The van der Waals surface area contributed by atoms with Crippen LogP contribution in [0.4, 0.5) is 0 Å². The lowest BCUT2D eigenvalue weighted by Gasteiger charge is -2.16. The van der Waals surface area contributed by atoms with Crippen LogP contribution in [0.15, 0.2) is 24.3 Å². The van der Waals surface area contributed by atoms with Crippen molar-refractivity contribution in [3.8, 4) is 0 Å². The van der Waals surface area contributed by atoms with E-state index in [4.69, 9.17) is 9.47 Å². The first kappa shape index (κ1) is 26.7. The summed E-state index contributed by atoms with van der Waals surface area (Å²) < 4.78 is 10.0. The van der Waals surface area contributed by atoms with E-state index in [0.29, 0.717) is 0 Å². The number of benzene rings is 1. The van der Waals surface area contributed by atoms with Crippen LogP contribution in [0.25, 0.3) is 0 Å². The molecule has 0 aliphatic rings. The predicted molar refractivity (Wildman–Crippen MR) is 122 cm³/mol. The van der Waals surface area contributed by atoms with E-state index < -0.39 is 18.0 Å². The number of ether oxygens (including phenoxy) is 2. The zero-order valence-corrected chi connectivity index (χ0v) is 19.4. The van der Waals surface area contributed by atoms with Crippen molar-refractivity contribution in [3.63, 3.8) is 0 Å². The van der Waals surface area contributed by atoms with Crippen LogP contribution in [0, 0.1) is 0 Å². The summed E-state index contributed by atoms with van der Waals surface area (Å²) >= 11 is 0. The number of carbonyl (C=O) groups is 3. The summed E-state index contributed by atoms with van der Waals surface area (Å²) in [7, 11) is 0. The van der Waals surface area contributed by atoms with Crippen molar-refractivity contribution in [2.45, 2.75) is 91.0 Å². The first-order chi connectivity index (χ1) is 14.9. The van der Waals surface area contributed by atoms with Crippen molar-refractivity contribution in [3.05, 3.63) is 35.4 Å². The molecule has 6 heteroatoms. The second-order valence-electron chi connectivity index (χ2n) is 8.01. The van der Waals surface area contributed by atoms with Crippen molar-refractivity contribution in [1.29, 1.82) is 0 Å². The molecule has 0 aromatic heterocycles. The molecule has 0 saturated heterocycles. The largest absolute Gasteiger partial charge is 0.464 e. The van der Waals surface area contributed by atoms with Crippen molar-refractivity contribution >= 4 is 17.8 Å². The molecule has 0 saturated carbocycles. The molecule has 0 heterocycles. The molecule has 1 unspecified atom stereocenters. The highest BCUT2D eigenvalue weighted by Gasteiger charge is 2.22. The van der Waals surface area contributed by atoms with Crippen molar-refractivity contribution in [2.24, 2.45) is 0 Å². The SMILES string of the molecule is CCCCCCCCc1ccc(CCCCOC(=O)C(COC(C)=O)NC(C)=O)cc1. The summed E-state index contributed by atoms with van der Waals surface area (Å²) in [5.74, 6) is -1.48. The van der Waals surface area contributed by atoms with E-state index in [9.17, 15) is 14.4 Å². The Morgan fingerprint density at radius 2 is 1.35 bits per heavy atom. The monoisotopic (exact) mass is 433 g/mol. The Labute approximate surface area is 187 Å². The summed E-state index contributed by atoms with van der Waals surface area (Å²) in [5, 5.41) is 2.44. The van der Waals surface area contributed by atoms with Gasteiger partial charge in [0.05, 0.1) is 6.61 Å². The summed E-state index contributed by atoms with van der Waals surface area (Å²) in [6.07, 6.45) is 11.6. The van der Waals surface area contributed by atoms with Gasteiger partial charge in [-0.1, -0.05) is 63.3 Å². The molecule has 31 heavy (non-hydrogen) atoms. The minimum Gasteiger partial charge on any atom is -0.464 e. The summed E-state index contributed by atoms with van der Waals surface area (Å²) in [4.78, 5) is 34.2. The highest BCUT2D eigenvalue weighted by Crippen LogP contribution is 2.12. The highest BCUT2D eigenvalue weighted by atomic mass is 16.6. The van der Waals surface area contributed by atoms with Crippen molar-refractivity contribution in [2.75, 3.05) is 13.2 Å². The third-order valence-electron chi connectivity index (χ3n) is 5.06. The quantitative estimate of drug-likeness (QED) is 0.306. The van der Waals surface area contributed by atoms with Gasteiger partial charge in [0.25, 0.3) is 0 Å². The van der Waals surface area contributed by atoms with Gasteiger partial charge in [-0.25, -0.2) is 4.79 Å². The molecule has 174 valence electrons. The van der Waals surface area contributed by atoms with Crippen LogP contribution in [0.1, 0.15) is 83.3 Å². The number of carbonyl (C=O) groups excluding carboxylic acids is 3. The number of esters is 2. The molecule has 0 spiro atoms. The Morgan fingerprint density at radius 1 is 0.806 bits per heavy atom. The van der Waals surface area contributed by atoms with Crippen LogP contribution in [0.2, 0.25) is 0 Å². The van der Waals surface area contributed by atoms with E-state index in [1.54, 1.807) is 0 Å². The van der Waals surface area contributed by atoms with E-state index in [-0.39, 0.29) is 19.1 Å². The molecule has 0 aliphatic heterocycles. The van der Waals surface area contributed by atoms with Gasteiger partial charge in [-0.05, 0) is 43.2 Å². The predicted octanol–water partition coefficient (Wildman–Crippen LogP) is 4.52. The minimum absolute atomic E-state index is 0.223. The van der Waals surface area contributed by atoms with E-state index in [0.717, 1.165) is 25.7 Å². The fraction of sp³-hybridized carbons (Fsp3) is 0.640. The molecule has 0 aliphatic carbocycles. The third kappa shape index (κ3) is 13.5. The Morgan fingerprint density at radius 3 is 1.90 bits per heavy atom. The van der Waals surface area contributed by atoms with Gasteiger partial charge in [-0.3, -0.25) is 9.59 Å². The molecule has 0 bridgehead atoms. The maximum atomic E-state index is 12.1. The van der Waals surface area contributed by atoms with Crippen LogP contribution in [0.3, 0.4) is 0 Å². The molecule has 1 atom stereocenters. The standard InChI is InChI=1S/C25H39NO5/c1-4-5-6-7-8-9-12-22-14-16-23(17-15-22)13-10-11-18-30-25(29)24(26-20(2)27)19-31-21(3)28/h14-17,24H,4-13,18-19H2,1-3H3,(H,26,27). The van der Waals surface area contributed by atoms with Crippen LogP contribution in [-0.2, 0) is 36.7 Å². The maximum absolute atomic E-state index is 12.1. The molecule has 1 aromatic rings. The zero-order valence-electron chi connectivity index (χ0n) is 19.4. The molecule has 0 fully saturated rings. The number of amides is 1. The Hall–Kier alpha value is -2.37. The molecule has 1 amide bonds. The van der Waals surface area contributed by atoms with Gasteiger partial charge >= 0.3 is 11.9 Å². The number of hydrogen-bond acceptors (Lipinski definition) is 5. The van der Waals surface area contributed by atoms with E-state index in [2.05, 4.69) is 36.5 Å². The average molecular weight is 434 g/mol. The number of aryl methyl sites for hydroxylation is 2. The van der Waals surface area contributed by atoms with Crippen molar-refractivity contribution in [1.82, 2.24) is 5.32 Å². The fourth-order valence-corrected chi connectivity index (χ4v) is 3.30. The first-order valence-corrected chi connectivity index (χ1v) is 11.6. The van der Waals surface area contributed by atoms with E-state index in [1.165, 1.54) is 63.5 Å². The van der Waals surface area contributed by atoms with Gasteiger partial charge < -0.3 is 14.8 Å². The highest BCUT2D eigenvalue weighted by molar-refractivity contribution is 5.83. The molecule has 1 aromatic carbocycles. The van der Waals surface area contributed by atoms with E-state index >= 15 is 0 Å². The lowest BCUT2D eigenvalue weighted by Crippen LogP contribution is -2.44. The fourth-order valence-electron chi connectivity index (χ4n) is 3.30. The van der Waals surface area contributed by atoms with E-state index in [1.807, 2.05) is 0 Å². The molecular formula is C25H39NO5. The van der Waals surface area contributed by atoms with Gasteiger partial charge in [0.1, 0.15) is 6.61 Å². The number of rotatable bonds is 16. The van der Waals surface area contributed by atoms with Crippen LogP contribution in [0.5, 0.6) is 0 Å². The Bertz CT molecular complexity index is 656. The van der Waals surface area contributed by atoms with Crippen LogP contribution >= 0.6 is 0 Å². The number of nitrogens with one attached hydrogen (secondary N) is 1. The lowest BCUT2D eigenvalue weighted by molar-refractivity contribution is -0.152. The zero-order chi connectivity index (χ0) is 22.9. The summed E-state index contributed by atoms with van der Waals surface area (Å²) in [5.41, 5.74) is 2.67. The minimum atomic E-state index is -0.972. The average Bonchev–Trinajstić information content (AvgIpc) is 2.73. The smallest absolute Gasteiger partial charge is 0.332 e. The number of hydrogen-bond donors (Lipinski definition) is 1. The van der Waals surface area contributed by atoms with Gasteiger partial charge in [0.2, 0.25) is 5.91 Å². The van der Waals surface area contributed by atoms with Gasteiger partial charge in [0.15, 0.2) is 6.04 Å². The first-order valence-electron chi connectivity index (χ1n) is 11.6. The molecular weight excluding hydrogens is 394 g/mol. The second-order valence-corrected chi connectivity index (χ2v) is 8.01. The Balaban J connectivity index is 2.22. The molecule has 6 nitrogen and oxygen atoms in total. The molecule has 1 rings (SSSR count). The van der Waals surface area contributed by atoms with Gasteiger partial charge in [0, 0.05) is 13.8 Å². The second kappa shape index (κ2) is 16.3. The number of unbranched alkanes of at least 4 members (excludes halogenated alkanes) is 6. The molecule has 1 N–H and O–H groups in total. The Kier molecular flexibility index (Phi) is 14.1. The van der Waals surface area contributed by atoms with Crippen LogP contribution < -0.4 is 5.32 Å². The third-order valence-corrected chi connectivity index (χ3v) is 5.06. The molecule has 0 radical (unpaired) electrons. The van der Waals surface area contributed by atoms with Gasteiger partial charge in [-0.2, -0.15) is 0 Å². The maximum Gasteiger partial charge on any atom is 0.332 e. The summed E-state index contributed by atoms with van der Waals surface area (Å²) in [6, 6.07) is 7.83. The van der Waals surface area contributed by atoms with Gasteiger partial charge in [-0.15, -0.1) is 0 Å². The summed E-state index contributed by atoms with van der Waals surface area (Å²) in [6.45, 7) is 4.83. The topological polar surface area (TPSA) is 81.7 Å². The van der Waals surface area contributed by atoms with Crippen LogP contribution in [-0.4, -0.2) is 37.1 Å².